The van der Waals surface area contributed by atoms with Gasteiger partial charge < -0.3 is 4.74 Å². The lowest BCUT2D eigenvalue weighted by Crippen LogP contribution is -2.07. The van der Waals surface area contributed by atoms with E-state index < -0.39 is 23.4 Å². The number of benzene rings is 1. The molecule has 0 amide bonds. The third-order valence-corrected chi connectivity index (χ3v) is 2.31. The summed E-state index contributed by atoms with van der Waals surface area (Å²) in [5, 5.41) is 5.39. The van der Waals surface area contributed by atoms with Gasteiger partial charge in [0.15, 0.2) is 11.4 Å². The summed E-state index contributed by atoms with van der Waals surface area (Å²) in [5.41, 5.74) is -0.966. The first-order valence-electron chi connectivity index (χ1n) is 4.89. The molecule has 96 valence electrons. The number of rotatable bonds is 2. The number of nitrogens with zero attached hydrogens (tertiary/aromatic N) is 1. The molecule has 3 nitrogen and oxygen atoms in total. The Hall–Kier alpha value is -2.05. The fraction of sp³-hybridized carbons (Fsp3) is 0.182. The number of aromatic amines is 1. The second-order valence-corrected chi connectivity index (χ2v) is 3.49. The first-order valence-corrected chi connectivity index (χ1v) is 4.89. The average Bonchev–Trinajstić information content (AvgIpc) is 2.72. The maximum absolute atomic E-state index is 13.0. The fourth-order valence-corrected chi connectivity index (χ4v) is 1.55. The number of ether oxygens (including phenoxy) is 1. The van der Waals surface area contributed by atoms with E-state index in [0.29, 0.717) is 0 Å². The van der Waals surface area contributed by atoms with Crippen LogP contribution in [0.1, 0.15) is 5.69 Å². The standard InChI is InChI=1S/C11H8F4N2O/c1-18-9-8(6-3-2-4-7(12)5-6)16-17-10(9)11(13,14)15/h2-5H,1H3,(H,16,17). The summed E-state index contributed by atoms with van der Waals surface area (Å²) in [6, 6.07) is 5.10. The molecule has 2 aromatic rings. The molecular weight excluding hydrogens is 252 g/mol. The van der Waals surface area contributed by atoms with Crippen LogP contribution in [0.2, 0.25) is 0 Å². The zero-order valence-electron chi connectivity index (χ0n) is 9.18. The van der Waals surface area contributed by atoms with Gasteiger partial charge in [0, 0.05) is 5.56 Å². The highest BCUT2D eigenvalue weighted by Crippen LogP contribution is 2.40. The second kappa shape index (κ2) is 4.32. The number of methoxy groups -OCH3 is 1. The van der Waals surface area contributed by atoms with Gasteiger partial charge in [-0.15, -0.1) is 0 Å². The monoisotopic (exact) mass is 260 g/mol. The van der Waals surface area contributed by atoms with Crippen molar-refractivity contribution in [1.29, 1.82) is 0 Å². The molecule has 0 fully saturated rings. The van der Waals surface area contributed by atoms with Crippen LogP contribution < -0.4 is 4.74 Å². The zero-order valence-corrected chi connectivity index (χ0v) is 9.18. The molecule has 0 saturated carbocycles. The SMILES string of the molecule is COc1c(-c2cccc(F)c2)n[nH]c1C(F)(F)F. The Bertz CT molecular complexity index is 562. The molecule has 0 aliphatic heterocycles. The van der Waals surface area contributed by atoms with E-state index >= 15 is 0 Å². The summed E-state index contributed by atoms with van der Waals surface area (Å²) in [4.78, 5) is 0. The number of halogens is 4. The predicted octanol–water partition coefficient (Wildman–Crippen LogP) is 3.24. The summed E-state index contributed by atoms with van der Waals surface area (Å²) in [6.45, 7) is 0. The number of hydrogen-bond acceptors (Lipinski definition) is 2. The van der Waals surface area contributed by atoms with Crippen molar-refractivity contribution in [1.82, 2.24) is 10.2 Å². The maximum atomic E-state index is 13.0. The first-order chi connectivity index (χ1) is 8.43. The lowest BCUT2D eigenvalue weighted by Gasteiger charge is -2.07. The van der Waals surface area contributed by atoms with Crippen LogP contribution in [0.25, 0.3) is 11.3 Å². The Balaban J connectivity index is 2.56. The molecule has 0 atom stereocenters. The number of hydrogen-bond donors (Lipinski definition) is 1. The topological polar surface area (TPSA) is 37.9 Å². The summed E-state index contributed by atoms with van der Waals surface area (Å²) in [6.07, 6.45) is -4.61. The van der Waals surface area contributed by atoms with E-state index in [1.165, 1.54) is 18.2 Å². The van der Waals surface area contributed by atoms with Crippen molar-refractivity contribution in [3.8, 4) is 17.0 Å². The van der Waals surface area contributed by atoms with Crippen LogP contribution in [0, 0.1) is 5.82 Å². The molecule has 0 aliphatic rings. The minimum Gasteiger partial charge on any atom is -0.492 e. The van der Waals surface area contributed by atoms with Gasteiger partial charge in [0.25, 0.3) is 0 Å². The van der Waals surface area contributed by atoms with E-state index in [9.17, 15) is 17.6 Å². The molecule has 0 aliphatic carbocycles. The molecule has 7 heteroatoms. The van der Waals surface area contributed by atoms with Crippen molar-refractivity contribution < 1.29 is 22.3 Å². The molecule has 0 radical (unpaired) electrons. The quantitative estimate of drug-likeness (QED) is 0.842. The van der Waals surface area contributed by atoms with Crippen molar-refractivity contribution in [3.63, 3.8) is 0 Å². The van der Waals surface area contributed by atoms with Crippen molar-refractivity contribution in [2.75, 3.05) is 7.11 Å². The van der Waals surface area contributed by atoms with Crippen molar-refractivity contribution in [2.45, 2.75) is 6.18 Å². The number of H-pyrrole nitrogens is 1. The third-order valence-electron chi connectivity index (χ3n) is 2.31. The molecule has 1 heterocycles. The van der Waals surface area contributed by atoms with Crippen molar-refractivity contribution >= 4 is 0 Å². The predicted molar refractivity (Wildman–Crippen MR) is 55.5 cm³/mol. The van der Waals surface area contributed by atoms with Crippen LogP contribution in [-0.2, 0) is 6.18 Å². The normalized spacial score (nSPS) is 11.6. The highest BCUT2D eigenvalue weighted by Gasteiger charge is 2.38. The minimum atomic E-state index is -4.61. The molecule has 0 bridgehead atoms. The summed E-state index contributed by atoms with van der Waals surface area (Å²) >= 11 is 0. The first kappa shape index (κ1) is 12.4. The Kier molecular flexibility index (Phi) is 2.98. The van der Waals surface area contributed by atoms with Crippen molar-refractivity contribution in [3.05, 3.63) is 35.8 Å². The number of alkyl halides is 3. The van der Waals surface area contributed by atoms with Crippen LogP contribution in [-0.4, -0.2) is 17.3 Å². The number of aromatic nitrogens is 2. The molecule has 1 N–H and O–H groups in total. The van der Waals surface area contributed by atoms with Gasteiger partial charge >= 0.3 is 6.18 Å². The summed E-state index contributed by atoms with van der Waals surface area (Å²) < 4.78 is 55.6. The molecule has 2 rings (SSSR count). The van der Waals surface area contributed by atoms with E-state index in [1.54, 1.807) is 0 Å². The van der Waals surface area contributed by atoms with E-state index in [-0.39, 0.29) is 11.3 Å². The molecule has 1 aromatic carbocycles. The summed E-state index contributed by atoms with van der Waals surface area (Å²) in [7, 11) is 1.10. The van der Waals surface area contributed by atoms with Gasteiger partial charge in [-0.05, 0) is 12.1 Å². The molecule has 0 saturated heterocycles. The zero-order chi connectivity index (χ0) is 13.3. The Morgan fingerprint density at radius 3 is 2.56 bits per heavy atom. The van der Waals surface area contributed by atoms with Gasteiger partial charge in [-0.3, -0.25) is 5.10 Å². The van der Waals surface area contributed by atoms with E-state index in [0.717, 1.165) is 13.2 Å². The lowest BCUT2D eigenvalue weighted by molar-refractivity contribution is -0.142. The lowest BCUT2D eigenvalue weighted by atomic mass is 10.1. The minimum absolute atomic E-state index is 0.0793. The van der Waals surface area contributed by atoms with Crippen LogP contribution in [0.5, 0.6) is 5.75 Å². The highest BCUT2D eigenvalue weighted by molar-refractivity contribution is 5.67. The highest BCUT2D eigenvalue weighted by atomic mass is 19.4. The molecule has 18 heavy (non-hydrogen) atoms. The van der Waals surface area contributed by atoms with E-state index in [2.05, 4.69) is 5.10 Å². The molecule has 0 unspecified atom stereocenters. The maximum Gasteiger partial charge on any atom is 0.436 e. The Labute approximate surface area is 99.4 Å². The van der Waals surface area contributed by atoms with Crippen LogP contribution in [0.15, 0.2) is 24.3 Å². The van der Waals surface area contributed by atoms with Gasteiger partial charge in [0.1, 0.15) is 11.5 Å². The van der Waals surface area contributed by atoms with Crippen LogP contribution in [0.3, 0.4) is 0 Å². The largest absolute Gasteiger partial charge is 0.492 e. The smallest absolute Gasteiger partial charge is 0.436 e. The van der Waals surface area contributed by atoms with Crippen LogP contribution >= 0.6 is 0 Å². The Morgan fingerprint density at radius 1 is 1.28 bits per heavy atom. The van der Waals surface area contributed by atoms with Gasteiger partial charge in [-0.1, -0.05) is 12.1 Å². The molecule has 1 aromatic heterocycles. The van der Waals surface area contributed by atoms with Crippen LogP contribution in [0.4, 0.5) is 17.6 Å². The van der Waals surface area contributed by atoms with E-state index in [4.69, 9.17) is 4.74 Å². The van der Waals surface area contributed by atoms with Gasteiger partial charge in [-0.25, -0.2) is 4.39 Å². The van der Waals surface area contributed by atoms with Gasteiger partial charge in [0.05, 0.1) is 7.11 Å². The number of nitrogens with one attached hydrogen (secondary N) is 1. The second-order valence-electron chi connectivity index (χ2n) is 3.49. The van der Waals surface area contributed by atoms with Gasteiger partial charge in [-0.2, -0.15) is 18.3 Å². The summed E-state index contributed by atoms with van der Waals surface area (Å²) in [5.74, 6) is -1.01. The molecular formula is C11H8F4N2O. The van der Waals surface area contributed by atoms with Gasteiger partial charge in [0.2, 0.25) is 0 Å². The average molecular weight is 260 g/mol. The van der Waals surface area contributed by atoms with Crippen molar-refractivity contribution in [2.24, 2.45) is 0 Å². The van der Waals surface area contributed by atoms with E-state index in [1.807, 2.05) is 5.10 Å². The third kappa shape index (κ3) is 2.15. The Morgan fingerprint density at radius 2 is 2.00 bits per heavy atom. The molecule has 0 spiro atoms. The fourth-order valence-electron chi connectivity index (χ4n) is 1.55.